The Hall–Kier alpha value is -4.11. The van der Waals surface area contributed by atoms with Gasteiger partial charge in [0.25, 0.3) is 0 Å². The molecule has 4 rings (SSSR count). The summed E-state index contributed by atoms with van der Waals surface area (Å²) in [4.78, 5) is 23.6. The molecular weight excluding hydrogens is 392 g/mol. The number of primary amides is 1. The molecule has 1 heterocycles. The molecule has 0 unspecified atom stereocenters. The molecule has 0 fully saturated rings. The minimum Gasteiger partial charge on any atom is -0.492 e. The zero-order valence-electron chi connectivity index (χ0n) is 16.9. The number of ether oxygens (including phenoxy) is 2. The number of ketones is 1. The lowest BCUT2D eigenvalue weighted by Crippen LogP contribution is -2.17. The van der Waals surface area contributed by atoms with Crippen molar-refractivity contribution in [3.63, 3.8) is 0 Å². The van der Waals surface area contributed by atoms with Crippen LogP contribution in [0.1, 0.15) is 55.5 Å². The Morgan fingerprint density at radius 2 is 1.87 bits per heavy atom. The fraction of sp³-hybridized carbons (Fsp3) is 0.160. The van der Waals surface area contributed by atoms with E-state index in [0.717, 1.165) is 11.1 Å². The Morgan fingerprint density at radius 3 is 2.58 bits per heavy atom. The number of benzene rings is 3. The maximum absolute atomic E-state index is 12.2. The number of nitriles is 1. The Balaban J connectivity index is 1.80. The number of hydrogen-bond acceptors (Lipinski definition) is 5. The van der Waals surface area contributed by atoms with Crippen molar-refractivity contribution in [3.05, 3.63) is 94.0 Å². The van der Waals surface area contributed by atoms with Crippen LogP contribution in [0.5, 0.6) is 11.5 Å². The summed E-state index contributed by atoms with van der Waals surface area (Å²) in [6.07, 6.45) is -0.259. The number of rotatable bonds is 5. The van der Waals surface area contributed by atoms with Gasteiger partial charge in [-0.15, -0.1) is 0 Å². The molecule has 0 radical (unpaired) electrons. The first-order chi connectivity index (χ1) is 15.0. The monoisotopic (exact) mass is 412 g/mol. The number of amides is 1. The third-order valence-electron chi connectivity index (χ3n) is 5.34. The van der Waals surface area contributed by atoms with E-state index in [1.165, 1.54) is 0 Å². The van der Waals surface area contributed by atoms with Gasteiger partial charge in [-0.1, -0.05) is 30.3 Å². The van der Waals surface area contributed by atoms with Crippen LogP contribution in [0.4, 0.5) is 0 Å². The van der Waals surface area contributed by atoms with E-state index < -0.39 is 12.0 Å². The summed E-state index contributed by atoms with van der Waals surface area (Å²) < 4.78 is 12.1. The zero-order valence-corrected chi connectivity index (χ0v) is 16.9. The second kappa shape index (κ2) is 8.33. The van der Waals surface area contributed by atoms with Crippen molar-refractivity contribution in [3.8, 4) is 17.6 Å². The summed E-state index contributed by atoms with van der Waals surface area (Å²) in [6.45, 7) is 2.18. The van der Waals surface area contributed by atoms with Crippen LogP contribution in [0.25, 0.3) is 0 Å². The van der Waals surface area contributed by atoms with Gasteiger partial charge in [0.15, 0.2) is 11.9 Å². The van der Waals surface area contributed by atoms with Crippen molar-refractivity contribution in [2.24, 2.45) is 5.73 Å². The van der Waals surface area contributed by atoms with Crippen LogP contribution >= 0.6 is 0 Å². The molecule has 31 heavy (non-hydrogen) atoms. The van der Waals surface area contributed by atoms with Crippen LogP contribution in [0.3, 0.4) is 0 Å². The third-order valence-corrected chi connectivity index (χ3v) is 5.34. The van der Waals surface area contributed by atoms with E-state index in [-0.39, 0.29) is 5.78 Å². The van der Waals surface area contributed by atoms with Crippen molar-refractivity contribution in [1.82, 2.24) is 0 Å². The average Bonchev–Trinajstić information content (AvgIpc) is 2.79. The average molecular weight is 412 g/mol. The van der Waals surface area contributed by atoms with E-state index in [2.05, 4.69) is 6.07 Å². The van der Waals surface area contributed by atoms with Crippen LogP contribution in [-0.2, 0) is 0 Å². The summed E-state index contributed by atoms with van der Waals surface area (Å²) in [5.74, 6) is 0.605. The largest absolute Gasteiger partial charge is 0.492 e. The quantitative estimate of drug-likeness (QED) is 0.680. The molecule has 0 saturated carbocycles. The van der Waals surface area contributed by atoms with Gasteiger partial charge in [-0.05, 0) is 42.8 Å². The van der Waals surface area contributed by atoms with Crippen LogP contribution in [-0.4, -0.2) is 18.3 Å². The molecule has 1 atom stereocenters. The molecule has 154 valence electrons. The van der Waals surface area contributed by atoms with Gasteiger partial charge in [-0.2, -0.15) is 5.26 Å². The van der Waals surface area contributed by atoms with Gasteiger partial charge < -0.3 is 15.2 Å². The number of carbonyl (C=O) groups excluding carboxylic acids is 2. The number of nitrogens with two attached hydrogens (primary N) is 1. The molecule has 0 aliphatic carbocycles. The molecule has 1 amide bonds. The fourth-order valence-electron chi connectivity index (χ4n) is 3.68. The second-order valence-corrected chi connectivity index (χ2v) is 7.27. The van der Waals surface area contributed by atoms with Crippen molar-refractivity contribution in [2.45, 2.75) is 19.4 Å². The minimum atomic E-state index is -0.617. The van der Waals surface area contributed by atoms with Gasteiger partial charge in [0.1, 0.15) is 11.5 Å². The zero-order chi connectivity index (χ0) is 22.0. The van der Waals surface area contributed by atoms with Crippen molar-refractivity contribution >= 4 is 11.7 Å². The van der Waals surface area contributed by atoms with Gasteiger partial charge in [0.05, 0.1) is 23.8 Å². The molecule has 6 nitrogen and oxygen atoms in total. The molecule has 0 saturated heterocycles. The highest BCUT2D eigenvalue weighted by Crippen LogP contribution is 2.38. The SMILES string of the molecule is Cc1c(O[C@@H](c2ccc(C(N)=O)cc2)c2ccccc2C#N)ccc2c1OCCC2=O. The summed E-state index contributed by atoms with van der Waals surface area (Å²) in [6, 6.07) is 19.6. The Kier molecular flexibility index (Phi) is 5.42. The van der Waals surface area contributed by atoms with E-state index in [0.29, 0.717) is 46.8 Å². The van der Waals surface area contributed by atoms with Crippen LogP contribution < -0.4 is 15.2 Å². The fourth-order valence-corrected chi connectivity index (χ4v) is 3.68. The van der Waals surface area contributed by atoms with Crippen molar-refractivity contribution in [2.75, 3.05) is 6.61 Å². The molecular formula is C25H20N2O4. The number of hydrogen-bond donors (Lipinski definition) is 1. The first-order valence-corrected chi connectivity index (χ1v) is 9.84. The number of nitrogens with zero attached hydrogens (tertiary/aromatic N) is 1. The maximum atomic E-state index is 12.2. The molecule has 0 spiro atoms. The van der Waals surface area contributed by atoms with E-state index in [1.807, 2.05) is 19.1 Å². The highest BCUT2D eigenvalue weighted by Gasteiger charge is 2.25. The predicted molar refractivity (Wildman–Crippen MR) is 114 cm³/mol. The lowest BCUT2D eigenvalue weighted by molar-refractivity contribution is 0.0931. The van der Waals surface area contributed by atoms with Gasteiger partial charge in [-0.25, -0.2) is 0 Å². The number of carbonyl (C=O) groups is 2. The van der Waals surface area contributed by atoms with E-state index in [1.54, 1.807) is 48.5 Å². The van der Waals surface area contributed by atoms with Crippen molar-refractivity contribution in [1.29, 1.82) is 5.26 Å². The van der Waals surface area contributed by atoms with Crippen LogP contribution in [0.2, 0.25) is 0 Å². The lowest BCUT2D eigenvalue weighted by Gasteiger charge is -2.25. The maximum Gasteiger partial charge on any atom is 0.248 e. The second-order valence-electron chi connectivity index (χ2n) is 7.27. The van der Waals surface area contributed by atoms with E-state index in [4.69, 9.17) is 15.2 Å². The summed E-state index contributed by atoms with van der Waals surface area (Å²) in [7, 11) is 0. The van der Waals surface area contributed by atoms with Crippen LogP contribution in [0, 0.1) is 18.3 Å². The van der Waals surface area contributed by atoms with E-state index >= 15 is 0 Å². The van der Waals surface area contributed by atoms with Gasteiger partial charge in [0.2, 0.25) is 5.91 Å². The normalized spacial score (nSPS) is 13.5. The summed E-state index contributed by atoms with van der Waals surface area (Å²) in [5.41, 5.74) is 8.93. The molecule has 3 aromatic carbocycles. The third kappa shape index (κ3) is 3.86. The summed E-state index contributed by atoms with van der Waals surface area (Å²) >= 11 is 0. The molecule has 1 aliphatic rings. The first kappa shape index (κ1) is 20.2. The smallest absolute Gasteiger partial charge is 0.248 e. The highest BCUT2D eigenvalue weighted by molar-refractivity contribution is 6.00. The summed E-state index contributed by atoms with van der Waals surface area (Å²) in [5, 5.41) is 9.61. The molecule has 0 bridgehead atoms. The van der Waals surface area contributed by atoms with Gasteiger partial charge >= 0.3 is 0 Å². The Morgan fingerprint density at radius 1 is 1.13 bits per heavy atom. The topological polar surface area (TPSA) is 102 Å². The number of Topliss-reactive ketones (excluding diaryl/α,β-unsaturated/α-hetero) is 1. The standard InChI is InChI=1S/C25H20N2O4/c1-15-22(11-10-20-21(28)12-13-30-23(15)20)31-24(19-5-3-2-4-18(19)14-26)16-6-8-17(9-7-16)25(27)29/h2-11,24H,12-13H2,1H3,(H2,27,29)/t24-/m0/s1. The Labute approximate surface area is 179 Å². The Bertz CT molecular complexity index is 1210. The molecule has 0 aromatic heterocycles. The molecule has 3 aromatic rings. The first-order valence-electron chi connectivity index (χ1n) is 9.84. The highest BCUT2D eigenvalue weighted by atomic mass is 16.5. The van der Waals surface area contributed by atoms with Gasteiger partial charge in [0, 0.05) is 23.1 Å². The van der Waals surface area contributed by atoms with Crippen molar-refractivity contribution < 1.29 is 19.1 Å². The van der Waals surface area contributed by atoms with Crippen LogP contribution in [0.15, 0.2) is 60.7 Å². The molecule has 1 aliphatic heterocycles. The minimum absolute atomic E-state index is 0.0457. The molecule has 6 heteroatoms. The van der Waals surface area contributed by atoms with Gasteiger partial charge in [-0.3, -0.25) is 9.59 Å². The molecule has 2 N–H and O–H groups in total. The number of fused-ring (bicyclic) bond motifs is 1. The van der Waals surface area contributed by atoms with E-state index in [9.17, 15) is 14.9 Å². The predicted octanol–water partition coefficient (Wildman–Crippen LogP) is 4.10. The lowest BCUT2D eigenvalue weighted by atomic mass is 9.95.